The lowest BCUT2D eigenvalue weighted by atomic mass is 10.1. The second kappa shape index (κ2) is 5.12. The molecule has 0 atom stereocenters. The Kier molecular flexibility index (Phi) is 3.55. The van der Waals surface area contributed by atoms with Crippen molar-refractivity contribution in [2.45, 2.75) is 13.8 Å². The molecule has 0 aliphatic carbocycles. The van der Waals surface area contributed by atoms with E-state index in [0.29, 0.717) is 10.6 Å². The first-order valence-corrected chi connectivity index (χ1v) is 6.03. The van der Waals surface area contributed by atoms with Crippen LogP contribution in [0.4, 0.5) is 11.4 Å². The summed E-state index contributed by atoms with van der Waals surface area (Å²) in [6, 6.07) is 13.6. The minimum Gasteiger partial charge on any atom is -0.353 e. The molecule has 3 heteroatoms. The van der Waals surface area contributed by atoms with Crippen LogP contribution in [0.5, 0.6) is 0 Å². The van der Waals surface area contributed by atoms with Gasteiger partial charge in [-0.25, -0.2) is 0 Å². The summed E-state index contributed by atoms with van der Waals surface area (Å²) in [6.07, 6.45) is 0. The standard InChI is InChI=1S/C15H13ClN2/c1-10-5-3-7-12(9-17)14(10)18-15-11(2)6-4-8-13(15)16/h3-8,18H,1-2H3. The largest absolute Gasteiger partial charge is 0.353 e. The number of aryl methyl sites for hydroxylation is 2. The summed E-state index contributed by atoms with van der Waals surface area (Å²) in [5.41, 5.74) is 4.36. The van der Waals surface area contributed by atoms with Gasteiger partial charge in [0.1, 0.15) is 6.07 Å². The smallest absolute Gasteiger partial charge is 0.101 e. The molecule has 0 unspecified atom stereocenters. The van der Waals surface area contributed by atoms with Crippen molar-refractivity contribution in [2.75, 3.05) is 5.32 Å². The summed E-state index contributed by atoms with van der Waals surface area (Å²) in [5.74, 6) is 0. The highest BCUT2D eigenvalue weighted by Crippen LogP contribution is 2.31. The third-order valence-corrected chi connectivity index (χ3v) is 3.18. The monoisotopic (exact) mass is 256 g/mol. The Morgan fingerprint density at radius 1 is 1.00 bits per heavy atom. The minimum absolute atomic E-state index is 0.620. The topological polar surface area (TPSA) is 35.8 Å². The van der Waals surface area contributed by atoms with Crippen LogP contribution in [0.15, 0.2) is 36.4 Å². The molecule has 0 bridgehead atoms. The molecular formula is C15H13ClN2. The minimum atomic E-state index is 0.620. The number of hydrogen-bond donors (Lipinski definition) is 1. The van der Waals surface area contributed by atoms with Crippen molar-refractivity contribution in [3.63, 3.8) is 0 Å². The fourth-order valence-electron chi connectivity index (χ4n) is 1.84. The lowest BCUT2D eigenvalue weighted by molar-refractivity contribution is 1.37. The summed E-state index contributed by atoms with van der Waals surface area (Å²) < 4.78 is 0. The zero-order chi connectivity index (χ0) is 13.1. The highest BCUT2D eigenvalue weighted by Gasteiger charge is 2.09. The van der Waals surface area contributed by atoms with Gasteiger partial charge >= 0.3 is 0 Å². The maximum Gasteiger partial charge on any atom is 0.101 e. The van der Waals surface area contributed by atoms with Gasteiger partial charge < -0.3 is 5.32 Å². The summed E-state index contributed by atoms with van der Waals surface area (Å²) in [4.78, 5) is 0. The molecule has 0 aromatic heterocycles. The number of para-hydroxylation sites is 2. The number of halogens is 1. The summed E-state index contributed by atoms with van der Waals surface area (Å²) in [7, 11) is 0. The molecule has 0 aliphatic heterocycles. The average Bonchev–Trinajstić information content (AvgIpc) is 2.35. The summed E-state index contributed by atoms with van der Waals surface area (Å²) >= 11 is 6.18. The Morgan fingerprint density at radius 3 is 2.22 bits per heavy atom. The normalized spacial score (nSPS) is 9.89. The van der Waals surface area contributed by atoms with E-state index in [0.717, 1.165) is 22.5 Å². The number of benzene rings is 2. The van der Waals surface area contributed by atoms with Gasteiger partial charge in [-0.1, -0.05) is 35.9 Å². The van der Waals surface area contributed by atoms with Gasteiger partial charge in [0.05, 0.1) is 22.0 Å². The summed E-state index contributed by atoms with van der Waals surface area (Å²) in [6.45, 7) is 3.95. The van der Waals surface area contributed by atoms with Crippen LogP contribution in [-0.4, -0.2) is 0 Å². The Bertz CT molecular complexity index is 607. The predicted octanol–water partition coefficient (Wildman–Crippen LogP) is 4.57. The van der Waals surface area contributed by atoms with E-state index in [1.807, 2.05) is 44.2 Å². The van der Waals surface area contributed by atoms with E-state index < -0.39 is 0 Å². The van der Waals surface area contributed by atoms with Gasteiger partial charge in [-0.05, 0) is 37.1 Å². The molecule has 2 aromatic rings. The van der Waals surface area contributed by atoms with Crippen LogP contribution in [0.25, 0.3) is 0 Å². The third kappa shape index (κ3) is 2.32. The molecule has 0 spiro atoms. The summed E-state index contributed by atoms with van der Waals surface area (Å²) in [5, 5.41) is 13.1. The van der Waals surface area contributed by atoms with Crippen molar-refractivity contribution in [3.8, 4) is 6.07 Å². The van der Waals surface area contributed by atoms with Gasteiger partial charge in [0.2, 0.25) is 0 Å². The molecule has 0 aliphatic rings. The maximum absolute atomic E-state index is 9.14. The van der Waals surface area contributed by atoms with E-state index in [1.165, 1.54) is 0 Å². The molecule has 90 valence electrons. The van der Waals surface area contributed by atoms with E-state index in [1.54, 1.807) is 6.07 Å². The van der Waals surface area contributed by atoms with Gasteiger partial charge in [-0.3, -0.25) is 0 Å². The predicted molar refractivity (Wildman–Crippen MR) is 75.4 cm³/mol. The van der Waals surface area contributed by atoms with Crippen molar-refractivity contribution in [2.24, 2.45) is 0 Å². The quantitative estimate of drug-likeness (QED) is 0.854. The maximum atomic E-state index is 9.14. The highest BCUT2D eigenvalue weighted by atomic mass is 35.5. The van der Waals surface area contributed by atoms with Gasteiger partial charge in [0.25, 0.3) is 0 Å². The molecule has 1 N–H and O–H groups in total. The van der Waals surface area contributed by atoms with Crippen LogP contribution >= 0.6 is 11.6 Å². The van der Waals surface area contributed by atoms with Crippen molar-refractivity contribution < 1.29 is 0 Å². The SMILES string of the molecule is Cc1cccc(Cl)c1Nc1c(C)cccc1C#N. The van der Waals surface area contributed by atoms with Gasteiger partial charge in [-0.2, -0.15) is 5.26 Å². The Morgan fingerprint density at radius 2 is 1.61 bits per heavy atom. The van der Waals surface area contributed by atoms with Crippen LogP contribution in [0, 0.1) is 25.2 Å². The number of hydrogen-bond acceptors (Lipinski definition) is 2. The van der Waals surface area contributed by atoms with Crippen LogP contribution in [-0.2, 0) is 0 Å². The van der Waals surface area contributed by atoms with Crippen LogP contribution in [0.2, 0.25) is 5.02 Å². The number of nitrogens with one attached hydrogen (secondary N) is 1. The fourth-order valence-corrected chi connectivity index (χ4v) is 2.11. The molecule has 2 rings (SSSR count). The molecule has 0 heterocycles. The molecule has 2 aromatic carbocycles. The number of nitriles is 1. The number of anilines is 2. The average molecular weight is 257 g/mol. The van der Waals surface area contributed by atoms with E-state index >= 15 is 0 Å². The highest BCUT2D eigenvalue weighted by molar-refractivity contribution is 6.33. The number of rotatable bonds is 2. The lowest BCUT2D eigenvalue weighted by Gasteiger charge is -2.14. The Balaban J connectivity index is 2.50. The Labute approximate surface area is 112 Å². The molecular weight excluding hydrogens is 244 g/mol. The molecule has 0 saturated heterocycles. The van der Waals surface area contributed by atoms with Crippen molar-refractivity contribution in [3.05, 3.63) is 58.1 Å². The van der Waals surface area contributed by atoms with Crippen LogP contribution < -0.4 is 5.32 Å². The zero-order valence-electron chi connectivity index (χ0n) is 10.3. The first-order valence-electron chi connectivity index (χ1n) is 5.65. The van der Waals surface area contributed by atoms with Gasteiger partial charge in [0, 0.05) is 0 Å². The molecule has 0 saturated carbocycles. The second-order valence-corrected chi connectivity index (χ2v) is 4.57. The first-order chi connectivity index (χ1) is 8.63. The van der Waals surface area contributed by atoms with E-state index in [4.69, 9.17) is 16.9 Å². The van der Waals surface area contributed by atoms with E-state index in [2.05, 4.69) is 11.4 Å². The lowest BCUT2D eigenvalue weighted by Crippen LogP contribution is -1.99. The second-order valence-electron chi connectivity index (χ2n) is 4.17. The van der Waals surface area contributed by atoms with Gasteiger partial charge in [0.15, 0.2) is 0 Å². The zero-order valence-corrected chi connectivity index (χ0v) is 11.0. The molecule has 2 nitrogen and oxygen atoms in total. The number of nitrogens with zero attached hydrogens (tertiary/aromatic N) is 1. The van der Waals surface area contributed by atoms with Crippen LogP contribution in [0.3, 0.4) is 0 Å². The van der Waals surface area contributed by atoms with E-state index in [9.17, 15) is 0 Å². The molecule has 18 heavy (non-hydrogen) atoms. The molecule has 0 fully saturated rings. The first kappa shape index (κ1) is 12.5. The third-order valence-electron chi connectivity index (χ3n) is 2.87. The van der Waals surface area contributed by atoms with E-state index in [-0.39, 0.29) is 0 Å². The van der Waals surface area contributed by atoms with Gasteiger partial charge in [-0.15, -0.1) is 0 Å². The Hall–Kier alpha value is -1.98. The van der Waals surface area contributed by atoms with Crippen LogP contribution in [0.1, 0.15) is 16.7 Å². The molecule has 0 radical (unpaired) electrons. The molecule has 0 amide bonds. The van der Waals surface area contributed by atoms with Crippen molar-refractivity contribution in [1.82, 2.24) is 0 Å². The van der Waals surface area contributed by atoms with Crippen molar-refractivity contribution in [1.29, 1.82) is 5.26 Å². The fraction of sp³-hybridized carbons (Fsp3) is 0.133. The van der Waals surface area contributed by atoms with Crippen molar-refractivity contribution >= 4 is 23.0 Å².